The highest BCUT2D eigenvalue weighted by Crippen LogP contribution is 2.22. The smallest absolute Gasteiger partial charge is 0.234 e. The summed E-state index contributed by atoms with van der Waals surface area (Å²) < 4.78 is 1.85. The lowest BCUT2D eigenvalue weighted by atomic mass is 10.1. The summed E-state index contributed by atoms with van der Waals surface area (Å²) in [5, 5.41) is 15.4. The Bertz CT molecular complexity index is 1150. The lowest BCUT2D eigenvalue weighted by Gasteiger charge is -2.10. The van der Waals surface area contributed by atoms with Gasteiger partial charge in [-0.1, -0.05) is 29.4 Å². The molecule has 0 atom stereocenters. The number of nitrogens with zero attached hydrogens (tertiary/aromatic N) is 3. The van der Waals surface area contributed by atoms with Gasteiger partial charge in [0.05, 0.1) is 12.2 Å². The third kappa shape index (κ3) is 6.11. The first-order valence-electron chi connectivity index (χ1n) is 10.2. The number of halogens is 1. The van der Waals surface area contributed by atoms with Crippen LogP contribution in [0.5, 0.6) is 0 Å². The summed E-state index contributed by atoms with van der Waals surface area (Å²) in [5.41, 5.74) is 4.66. The third-order valence-corrected chi connectivity index (χ3v) is 6.22. The van der Waals surface area contributed by atoms with Crippen LogP contribution in [-0.4, -0.2) is 32.3 Å². The second-order valence-electron chi connectivity index (χ2n) is 7.46. The molecular weight excluding hydrogens is 446 g/mol. The van der Waals surface area contributed by atoms with Crippen molar-refractivity contribution in [1.29, 1.82) is 0 Å². The molecule has 1 heterocycles. The average Bonchev–Trinajstić information content (AvgIpc) is 3.12. The Hall–Kier alpha value is -2.84. The van der Waals surface area contributed by atoms with Crippen LogP contribution in [0, 0.1) is 20.8 Å². The van der Waals surface area contributed by atoms with Gasteiger partial charge in [0.2, 0.25) is 11.8 Å². The lowest BCUT2D eigenvalue weighted by molar-refractivity contribution is -0.116. The van der Waals surface area contributed by atoms with Crippen LogP contribution in [0.3, 0.4) is 0 Å². The van der Waals surface area contributed by atoms with Gasteiger partial charge >= 0.3 is 0 Å². The van der Waals surface area contributed by atoms with Crippen LogP contribution in [0.25, 0.3) is 0 Å². The maximum absolute atomic E-state index is 12.5. The van der Waals surface area contributed by atoms with Gasteiger partial charge in [-0.2, -0.15) is 0 Å². The summed E-state index contributed by atoms with van der Waals surface area (Å²) in [5.74, 6) is 0.419. The normalized spacial score (nSPS) is 10.8. The van der Waals surface area contributed by atoms with Crippen LogP contribution < -0.4 is 10.6 Å². The van der Waals surface area contributed by atoms with E-state index in [1.807, 2.05) is 50.5 Å². The van der Waals surface area contributed by atoms with Crippen LogP contribution in [0.1, 0.15) is 29.4 Å². The fraction of sp³-hybridized carbons (Fsp3) is 0.304. The molecule has 0 aliphatic rings. The maximum Gasteiger partial charge on any atom is 0.234 e. The minimum Gasteiger partial charge on any atom is -0.326 e. The third-order valence-electron chi connectivity index (χ3n) is 5.01. The summed E-state index contributed by atoms with van der Waals surface area (Å²) in [6.45, 7) is 8.47. The summed E-state index contributed by atoms with van der Waals surface area (Å²) in [6.07, 6.45) is 0.102. The molecule has 0 saturated heterocycles. The van der Waals surface area contributed by atoms with Gasteiger partial charge in [0.25, 0.3) is 0 Å². The molecule has 0 radical (unpaired) electrons. The van der Waals surface area contributed by atoms with E-state index < -0.39 is 0 Å². The van der Waals surface area contributed by atoms with E-state index in [1.165, 1.54) is 17.3 Å². The van der Waals surface area contributed by atoms with Crippen molar-refractivity contribution in [2.45, 2.75) is 45.8 Å². The van der Waals surface area contributed by atoms with Gasteiger partial charge in [0.1, 0.15) is 5.82 Å². The molecule has 3 aromatic rings. The molecule has 0 saturated carbocycles. The van der Waals surface area contributed by atoms with E-state index in [0.29, 0.717) is 22.5 Å². The van der Waals surface area contributed by atoms with E-state index in [1.54, 1.807) is 18.2 Å². The van der Waals surface area contributed by atoms with Crippen LogP contribution in [0.2, 0.25) is 5.02 Å². The second kappa shape index (κ2) is 10.7. The molecule has 9 heteroatoms. The van der Waals surface area contributed by atoms with E-state index in [4.69, 9.17) is 11.6 Å². The molecule has 0 aliphatic carbocycles. The van der Waals surface area contributed by atoms with Crippen molar-refractivity contribution >= 4 is 46.6 Å². The number of carbonyl (C=O) groups excluding carboxylic acids is 2. The molecule has 2 amide bonds. The van der Waals surface area contributed by atoms with Gasteiger partial charge in [-0.15, -0.1) is 10.2 Å². The number of aromatic nitrogens is 3. The molecule has 2 N–H and O–H groups in total. The van der Waals surface area contributed by atoms with Crippen molar-refractivity contribution in [1.82, 2.24) is 14.8 Å². The van der Waals surface area contributed by atoms with Gasteiger partial charge < -0.3 is 15.2 Å². The summed E-state index contributed by atoms with van der Waals surface area (Å²) >= 11 is 7.24. The van der Waals surface area contributed by atoms with Gasteiger partial charge in [0.15, 0.2) is 5.16 Å². The molecule has 3 rings (SSSR count). The van der Waals surface area contributed by atoms with Gasteiger partial charge in [-0.25, -0.2) is 0 Å². The number of nitrogens with one attached hydrogen (secondary N) is 2. The average molecular weight is 472 g/mol. The number of thioether (sulfide) groups is 1. The van der Waals surface area contributed by atoms with Crippen LogP contribution >= 0.6 is 23.4 Å². The quantitative estimate of drug-likeness (QED) is 0.461. The Kier molecular flexibility index (Phi) is 7.93. The van der Waals surface area contributed by atoms with Gasteiger partial charge in [0, 0.05) is 22.9 Å². The predicted molar refractivity (Wildman–Crippen MR) is 129 cm³/mol. The van der Waals surface area contributed by atoms with E-state index >= 15 is 0 Å². The molecule has 0 unspecified atom stereocenters. The van der Waals surface area contributed by atoms with Crippen molar-refractivity contribution in [3.05, 3.63) is 63.9 Å². The maximum atomic E-state index is 12.5. The highest BCUT2D eigenvalue weighted by Gasteiger charge is 2.16. The number of hydrogen-bond acceptors (Lipinski definition) is 5. The summed E-state index contributed by atoms with van der Waals surface area (Å²) in [7, 11) is 0. The van der Waals surface area contributed by atoms with Crippen molar-refractivity contribution in [3.8, 4) is 0 Å². The highest BCUT2D eigenvalue weighted by atomic mass is 35.5. The first-order valence-corrected chi connectivity index (χ1v) is 11.6. The Morgan fingerprint density at radius 3 is 2.44 bits per heavy atom. The summed E-state index contributed by atoms with van der Waals surface area (Å²) in [4.78, 5) is 24.9. The number of hydrogen-bond donors (Lipinski definition) is 2. The zero-order valence-corrected chi connectivity index (χ0v) is 20.1. The van der Waals surface area contributed by atoms with E-state index in [2.05, 4.69) is 20.8 Å². The zero-order chi connectivity index (χ0) is 23.3. The molecule has 1 aromatic heterocycles. The number of benzene rings is 2. The highest BCUT2D eigenvalue weighted by molar-refractivity contribution is 7.99. The Morgan fingerprint density at radius 1 is 0.969 bits per heavy atom. The number of rotatable bonds is 8. The fourth-order valence-electron chi connectivity index (χ4n) is 3.13. The molecule has 0 aliphatic heterocycles. The molecule has 32 heavy (non-hydrogen) atoms. The van der Waals surface area contributed by atoms with Crippen molar-refractivity contribution in [2.24, 2.45) is 0 Å². The van der Waals surface area contributed by atoms with Gasteiger partial charge in [-0.05, 0) is 74.7 Å². The molecule has 168 valence electrons. The monoisotopic (exact) mass is 471 g/mol. The number of anilines is 2. The Labute approximate surface area is 197 Å². The zero-order valence-electron chi connectivity index (χ0n) is 18.5. The number of amides is 2. The van der Waals surface area contributed by atoms with Crippen LogP contribution in [0.4, 0.5) is 11.4 Å². The number of aryl methyl sites for hydroxylation is 3. The molecule has 0 fully saturated rings. The van der Waals surface area contributed by atoms with E-state index in [9.17, 15) is 9.59 Å². The van der Waals surface area contributed by atoms with Crippen LogP contribution in [0.15, 0.2) is 41.6 Å². The molecule has 7 nitrogen and oxygen atoms in total. The Morgan fingerprint density at radius 2 is 1.75 bits per heavy atom. The van der Waals surface area contributed by atoms with Crippen molar-refractivity contribution in [3.63, 3.8) is 0 Å². The molecule has 0 bridgehead atoms. The first kappa shape index (κ1) is 23.8. The van der Waals surface area contributed by atoms with Crippen molar-refractivity contribution < 1.29 is 9.59 Å². The minimum atomic E-state index is -0.164. The molecule has 0 spiro atoms. The number of carbonyl (C=O) groups is 2. The minimum absolute atomic E-state index is 0.102. The topological polar surface area (TPSA) is 88.9 Å². The SMILES string of the molecule is CCn1c(CC(=O)Nc2ccc(C)c(C)c2)nnc1SCC(=O)Nc1ccc(Cl)cc1C. The largest absolute Gasteiger partial charge is 0.326 e. The Balaban J connectivity index is 1.59. The first-order chi connectivity index (χ1) is 15.3. The van der Waals surface area contributed by atoms with Crippen LogP contribution in [-0.2, 0) is 22.6 Å². The van der Waals surface area contributed by atoms with Crippen molar-refractivity contribution in [2.75, 3.05) is 16.4 Å². The molecule has 2 aromatic carbocycles. The fourth-order valence-corrected chi connectivity index (χ4v) is 4.17. The van der Waals surface area contributed by atoms with E-state index in [-0.39, 0.29) is 24.0 Å². The standard InChI is InChI=1S/C23H26ClN5O2S/c1-5-29-20(12-21(30)25-18-8-6-14(2)15(3)11-18)27-28-23(29)32-13-22(31)26-19-9-7-17(24)10-16(19)4/h6-11H,5,12-13H2,1-4H3,(H,25,30)(H,26,31). The van der Waals surface area contributed by atoms with Gasteiger partial charge in [-0.3, -0.25) is 9.59 Å². The lowest BCUT2D eigenvalue weighted by Crippen LogP contribution is -2.18. The molecular formula is C23H26ClN5O2S. The van der Waals surface area contributed by atoms with E-state index in [0.717, 1.165) is 22.5 Å². The second-order valence-corrected chi connectivity index (χ2v) is 8.84. The summed E-state index contributed by atoms with van der Waals surface area (Å²) in [6, 6.07) is 11.1. The predicted octanol–water partition coefficient (Wildman–Crippen LogP) is 4.79.